The van der Waals surface area contributed by atoms with E-state index in [1.165, 1.54) is 6.08 Å². The van der Waals surface area contributed by atoms with Gasteiger partial charge in [-0.05, 0) is 36.6 Å². The van der Waals surface area contributed by atoms with Crippen molar-refractivity contribution in [1.82, 2.24) is 4.90 Å². The zero-order valence-corrected chi connectivity index (χ0v) is 11.7. The summed E-state index contributed by atoms with van der Waals surface area (Å²) < 4.78 is 0. The van der Waals surface area contributed by atoms with E-state index >= 15 is 0 Å². The maximum Gasteiger partial charge on any atom is 0.305 e. The normalized spacial score (nSPS) is 14.4. The number of carboxylic acid groups (broad SMARTS) is 1. The van der Waals surface area contributed by atoms with E-state index in [9.17, 15) is 9.59 Å². The molecule has 1 N–H and O–H groups in total. The van der Waals surface area contributed by atoms with Crippen LogP contribution < -0.4 is 0 Å². The number of carboxylic acids is 1. The fraction of sp³-hybridized carbons (Fsp3) is 0.333. The maximum absolute atomic E-state index is 12.1. The largest absolute Gasteiger partial charge is 0.481 e. The average Bonchev–Trinajstić information content (AvgIpc) is 3.21. The van der Waals surface area contributed by atoms with Crippen LogP contribution in [0.15, 0.2) is 30.3 Å². The van der Waals surface area contributed by atoms with E-state index in [1.54, 1.807) is 23.1 Å². The topological polar surface area (TPSA) is 57.6 Å². The summed E-state index contributed by atoms with van der Waals surface area (Å²) in [7, 11) is 0. The number of aliphatic carboxylic acids is 1. The summed E-state index contributed by atoms with van der Waals surface area (Å²) in [5.74, 6) is -1.03. The Morgan fingerprint density at radius 2 is 2.15 bits per heavy atom. The number of amides is 1. The third-order valence-corrected chi connectivity index (χ3v) is 3.34. The first kappa shape index (κ1) is 14.6. The lowest BCUT2D eigenvalue weighted by atomic mass is 10.2. The van der Waals surface area contributed by atoms with Gasteiger partial charge in [-0.1, -0.05) is 23.7 Å². The molecule has 1 aliphatic carbocycles. The fourth-order valence-corrected chi connectivity index (χ4v) is 2.15. The Balaban J connectivity index is 1.99. The molecular weight excluding hydrogens is 278 g/mol. The second-order valence-corrected chi connectivity index (χ2v) is 5.23. The monoisotopic (exact) mass is 293 g/mol. The van der Waals surface area contributed by atoms with Crippen molar-refractivity contribution in [2.45, 2.75) is 25.3 Å². The minimum absolute atomic E-state index is 0.0206. The molecule has 1 aromatic carbocycles. The van der Waals surface area contributed by atoms with Crippen molar-refractivity contribution in [3.63, 3.8) is 0 Å². The molecule has 1 aromatic rings. The first-order valence-corrected chi connectivity index (χ1v) is 6.90. The van der Waals surface area contributed by atoms with Gasteiger partial charge in [-0.3, -0.25) is 9.59 Å². The van der Waals surface area contributed by atoms with Crippen molar-refractivity contribution in [2.75, 3.05) is 6.54 Å². The highest BCUT2D eigenvalue weighted by molar-refractivity contribution is 6.30. The number of carbonyl (C=O) groups excluding carboxylic acids is 1. The maximum atomic E-state index is 12.1. The molecule has 1 saturated carbocycles. The first-order valence-electron chi connectivity index (χ1n) is 6.52. The van der Waals surface area contributed by atoms with Crippen LogP contribution in [0.3, 0.4) is 0 Å². The zero-order valence-electron chi connectivity index (χ0n) is 11.0. The minimum atomic E-state index is -0.887. The molecule has 0 bridgehead atoms. The van der Waals surface area contributed by atoms with Crippen LogP contribution in [0.25, 0.3) is 6.08 Å². The first-order chi connectivity index (χ1) is 9.56. The summed E-state index contributed by atoms with van der Waals surface area (Å²) in [5.41, 5.74) is 0.847. The molecule has 2 rings (SSSR count). The highest BCUT2D eigenvalue weighted by Crippen LogP contribution is 2.27. The van der Waals surface area contributed by atoms with Crippen molar-refractivity contribution in [2.24, 2.45) is 0 Å². The second kappa shape index (κ2) is 6.57. The molecule has 0 aromatic heterocycles. The smallest absolute Gasteiger partial charge is 0.305 e. The molecule has 0 heterocycles. The lowest BCUT2D eigenvalue weighted by molar-refractivity contribution is -0.138. The van der Waals surface area contributed by atoms with Gasteiger partial charge in [0.2, 0.25) is 5.91 Å². The summed E-state index contributed by atoms with van der Waals surface area (Å²) in [6, 6.07) is 7.41. The van der Waals surface area contributed by atoms with Crippen LogP contribution in [0.2, 0.25) is 5.02 Å². The van der Waals surface area contributed by atoms with Crippen molar-refractivity contribution in [3.8, 4) is 0 Å². The molecule has 106 valence electrons. The van der Waals surface area contributed by atoms with Crippen LogP contribution in [0.4, 0.5) is 0 Å². The van der Waals surface area contributed by atoms with Crippen LogP contribution >= 0.6 is 11.6 Å². The van der Waals surface area contributed by atoms with Crippen molar-refractivity contribution >= 4 is 29.6 Å². The number of hydrogen-bond donors (Lipinski definition) is 1. The molecule has 0 saturated heterocycles. The molecule has 0 aliphatic heterocycles. The van der Waals surface area contributed by atoms with E-state index in [2.05, 4.69) is 0 Å². The van der Waals surface area contributed by atoms with Gasteiger partial charge in [-0.2, -0.15) is 0 Å². The van der Waals surface area contributed by atoms with Crippen LogP contribution in [0.5, 0.6) is 0 Å². The summed E-state index contributed by atoms with van der Waals surface area (Å²) in [6.07, 6.45) is 5.07. The second-order valence-electron chi connectivity index (χ2n) is 4.79. The lowest BCUT2D eigenvalue weighted by Gasteiger charge is -2.19. The molecule has 0 unspecified atom stereocenters. The van der Waals surface area contributed by atoms with E-state index in [4.69, 9.17) is 16.7 Å². The Morgan fingerprint density at radius 1 is 1.40 bits per heavy atom. The third-order valence-electron chi connectivity index (χ3n) is 3.10. The van der Waals surface area contributed by atoms with E-state index in [1.807, 2.05) is 12.1 Å². The van der Waals surface area contributed by atoms with E-state index in [-0.39, 0.29) is 24.9 Å². The van der Waals surface area contributed by atoms with Crippen molar-refractivity contribution in [3.05, 3.63) is 40.9 Å². The van der Waals surface area contributed by atoms with Gasteiger partial charge in [-0.25, -0.2) is 0 Å². The Morgan fingerprint density at radius 3 is 2.75 bits per heavy atom. The minimum Gasteiger partial charge on any atom is -0.481 e. The Bertz CT molecular complexity index is 538. The molecule has 5 heteroatoms. The fourth-order valence-electron chi connectivity index (χ4n) is 1.95. The molecule has 20 heavy (non-hydrogen) atoms. The summed E-state index contributed by atoms with van der Waals surface area (Å²) in [4.78, 5) is 24.4. The number of halogens is 1. The molecule has 4 nitrogen and oxygen atoms in total. The van der Waals surface area contributed by atoms with E-state index in [0.717, 1.165) is 18.4 Å². The van der Waals surface area contributed by atoms with E-state index in [0.29, 0.717) is 5.02 Å². The summed E-state index contributed by atoms with van der Waals surface area (Å²) in [5, 5.41) is 9.33. The highest BCUT2D eigenvalue weighted by atomic mass is 35.5. The quantitative estimate of drug-likeness (QED) is 0.821. The average molecular weight is 294 g/mol. The van der Waals surface area contributed by atoms with Gasteiger partial charge >= 0.3 is 5.97 Å². The Labute approximate surface area is 122 Å². The number of hydrogen-bond acceptors (Lipinski definition) is 2. The molecule has 1 amide bonds. The molecule has 1 aliphatic rings. The standard InChI is InChI=1S/C15H16ClNO3/c16-12-3-1-2-11(10-12)4-7-14(18)17(13-5-6-13)9-8-15(19)20/h1-4,7,10,13H,5-6,8-9H2,(H,19,20)/b7-4+. The molecular formula is C15H16ClNO3. The van der Waals surface area contributed by atoms with Gasteiger partial charge in [-0.15, -0.1) is 0 Å². The SMILES string of the molecule is O=C(O)CCN(C(=O)/C=C/c1cccc(Cl)c1)C1CC1. The van der Waals surface area contributed by atoms with Crippen molar-refractivity contribution in [1.29, 1.82) is 0 Å². The molecule has 0 radical (unpaired) electrons. The van der Waals surface area contributed by atoms with Gasteiger partial charge in [0.15, 0.2) is 0 Å². The van der Waals surface area contributed by atoms with Crippen LogP contribution in [-0.2, 0) is 9.59 Å². The lowest BCUT2D eigenvalue weighted by Crippen LogP contribution is -2.33. The molecule has 0 spiro atoms. The Hall–Kier alpha value is -1.81. The number of carbonyl (C=O) groups is 2. The number of nitrogens with zero attached hydrogens (tertiary/aromatic N) is 1. The van der Waals surface area contributed by atoms with E-state index < -0.39 is 5.97 Å². The van der Waals surface area contributed by atoms with Crippen LogP contribution in [-0.4, -0.2) is 34.5 Å². The van der Waals surface area contributed by atoms with Gasteiger partial charge in [0.1, 0.15) is 0 Å². The van der Waals surface area contributed by atoms with Crippen LogP contribution in [0, 0.1) is 0 Å². The molecule has 0 atom stereocenters. The molecule has 1 fully saturated rings. The summed E-state index contributed by atoms with van der Waals surface area (Å²) in [6.45, 7) is 0.263. The van der Waals surface area contributed by atoms with Gasteiger partial charge < -0.3 is 10.0 Å². The zero-order chi connectivity index (χ0) is 14.5. The predicted octanol–water partition coefficient (Wildman–Crippen LogP) is 2.82. The predicted molar refractivity (Wildman–Crippen MR) is 77.5 cm³/mol. The highest BCUT2D eigenvalue weighted by Gasteiger charge is 2.31. The van der Waals surface area contributed by atoms with Gasteiger partial charge in [0.05, 0.1) is 6.42 Å². The van der Waals surface area contributed by atoms with Gasteiger partial charge in [0.25, 0.3) is 0 Å². The summed E-state index contributed by atoms with van der Waals surface area (Å²) >= 11 is 5.87. The number of benzene rings is 1. The number of rotatable bonds is 6. The third kappa shape index (κ3) is 4.38. The van der Waals surface area contributed by atoms with Crippen molar-refractivity contribution < 1.29 is 14.7 Å². The van der Waals surface area contributed by atoms with Crippen LogP contribution in [0.1, 0.15) is 24.8 Å². The Kier molecular flexibility index (Phi) is 4.79. The van der Waals surface area contributed by atoms with Gasteiger partial charge in [0, 0.05) is 23.7 Å².